The minimum Gasteiger partial charge on any atom is -0.454 e. The van der Waals surface area contributed by atoms with Gasteiger partial charge in [0.2, 0.25) is 0 Å². The number of hydrogen-bond donors (Lipinski definition) is 0. The fourth-order valence-electron chi connectivity index (χ4n) is 1.09. The molecule has 0 N–H and O–H groups in total. The zero-order valence-electron chi connectivity index (χ0n) is 7.64. The van der Waals surface area contributed by atoms with Gasteiger partial charge in [-0.05, 0) is 46.9 Å². The summed E-state index contributed by atoms with van der Waals surface area (Å²) in [6, 6.07) is 7.89. The van der Waals surface area contributed by atoms with Crippen molar-refractivity contribution >= 4 is 22.6 Å². The molecule has 1 heterocycles. The Morgan fingerprint density at radius 2 is 1.93 bits per heavy atom. The lowest BCUT2D eigenvalue weighted by Crippen LogP contribution is -1.84. The lowest BCUT2D eigenvalue weighted by Gasteiger charge is -2.01. The topological polar surface area (TPSA) is 27.1 Å². The lowest BCUT2D eigenvalue weighted by atomic mass is 10.3. The fourth-order valence-corrected chi connectivity index (χ4v) is 1.45. The van der Waals surface area contributed by atoms with Crippen molar-refractivity contribution in [1.29, 1.82) is 0 Å². The molecule has 1 aromatic carbocycles. The van der Waals surface area contributed by atoms with E-state index in [2.05, 4.69) is 27.7 Å². The van der Waals surface area contributed by atoms with Gasteiger partial charge in [-0.15, -0.1) is 0 Å². The van der Waals surface area contributed by atoms with E-state index in [0.29, 0.717) is 0 Å². The SMILES string of the molecule is Cn1cc(Oc2ccc(I)cc2)cn1. The summed E-state index contributed by atoms with van der Waals surface area (Å²) in [5.74, 6) is 1.59. The summed E-state index contributed by atoms with van der Waals surface area (Å²) in [7, 11) is 1.86. The van der Waals surface area contributed by atoms with Crippen molar-refractivity contribution in [2.75, 3.05) is 0 Å². The molecule has 72 valence electrons. The molecule has 4 heteroatoms. The lowest BCUT2D eigenvalue weighted by molar-refractivity contribution is 0.482. The number of ether oxygens (including phenoxy) is 1. The Morgan fingerprint density at radius 3 is 2.50 bits per heavy atom. The van der Waals surface area contributed by atoms with Gasteiger partial charge in [-0.1, -0.05) is 0 Å². The number of aromatic nitrogens is 2. The summed E-state index contributed by atoms with van der Waals surface area (Å²) in [5, 5.41) is 4.02. The van der Waals surface area contributed by atoms with Crippen LogP contribution in [0.3, 0.4) is 0 Å². The van der Waals surface area contributed by atoms with Crippen LogP contribution in [0.4, 0.5) is 0 Å². The molecule has 0 aliphatic heterocycles. The van der Waals surface area contributed by atoms with Crippen molar-refractivity contribution in [1.82, 2.24) is 9.78 Å². The Hall–Kier alpha value is -1.04. The summed E-state index contributed by atoms with van der Waals surface area (Å²) < 4.78 is 8.47. The predicted molar refractivity (Wildman–Crippen MR) is 62.4 cm³/mol. The van der Waals surface area contributed by atoms with E-state index in [4.69, 9.17) is 4.74 Å². The molecule has 0 aliphatic rings. The molecule has 2 rings (SSSR count). The van der Waals surface area contributed by atoms with Gasteiger partial charge in [0, 0.05) is 10.6 Å². The van der Waals surface area contributed by atoms with E-state index in [1.165, 1.54) is 3.57 Å². The van der Waals surface area contributed by atoms with Gasteiger partial charge in [-0.3, -0.25) is 4.68 Å². The normalized spacial score (nSPS) is 10.1. The third-order valence-electron chi connectivity index (χ3n) is 1.73. The molecule has 0 fully saturated rings. The van der Waals surface area contributed by atoms with Crippen LogP contribution in [0.15, 0.2) is 36.7 Å². The molecule has 0 spiro atoms. The van der Waals surface area contributed by atoms with Crippen molar-refractivity contribution in [2.45, 2.75) is 0 Å². The molecule has 0 bridgehead atoms. The minimum atomic E-state index is 0.758. The first-order valence-corrected chi connectivity index (χ1v) is 5.24. The van der Waals surface area contributed by atoms with E-state index in [0.717, 1.165) is 11.5 Å². The Bertz CT molecular complexity index is 422. The smallest absolute Gasteiger partial charge is 0.165 e. The first kappa shape index (κ1) is 9.51. The minimum absolute atomic E-state index is 0.758. The van der Waals surface area contributed by atoms with Gasteiger partial charge in [0.15, 0.2) is 5.75 Å². The van der Waals surface area contributed by atoms with E-state index >= 15 is 0 Å². The average molecular weight is 300 g/mol. The highest BCUT2D eigenvalue weighted by Gasteiger charge is 1.98. The molecule has 14 heavy (non-hydrogen) atoms. The quantitative estimate of drug-likeness (QED) is 0.798. The second kappa shape index (κ2) is 4.00. The van der Waals surface area contributed by atoms with Crippen molar-refractivity contribution in [3.05, 3.63) is 40.2 Å². The predicted octanol–water partition coefficient (Wildman–Crippen LogP) is 2.82. The van der Waals surface area contributed by atoms with E-state index < -0.39 is 0 Å². The third-order valence-corrected chi connectivity index (χ3v) is 2.45. The maximum atomic E-state index is 5.57. The second-order valence-corrected chi connectivity index (χ2v) is 4.15. The number of aryl methyl sites for hydroxylation is 1. The van der Waals surface area contributed by atoms with Crippen LogP contribution >= 0.6 is 22.6 Å². The maximum Gasteiger partial charge on any atom is 0.165 e. The van der Waals surface area contributed by atoms with Crippen LogP contribution in [0, 0.1) is 3.57 Å². The van der Waals surface area contributed by atoms with Crippen molar-refractivity contribution in [3.8, 4) is 11.5 Å². The molecule has 0 unspecified atom stereocenters. The molecule has 2 aromatic rings. The standard InChI is InChI=1S/C10H9IN2O/c1-13-7-10(6-12-13)14-9-4-2-8(11)3-5-9/h2-7H,1H3. The van der Waals surface area contributed by atoms with Gasteiger partial charge in [0.25, 0.3) is 0 Å². The van der Waals surface area contributed by atoms with Crippen LogP contribution in [0.25, 0.3) is 0 Å². The van der Waals surface area contributed by atoms with Gasteiger partial charge >= 0.3 is 0 Å². The molecule has 0 amide bonds. The zero-order chi connectivity index (χ0) is 9.97. The van der Waals surface area contributed by atoms with Gasteiger partial charge < -0.3 is 4.74 Å². The summed E-state index contributed by atoms with van der Waals surface area (Å²) in [6.07, 6.45) is 3.52. The number of rotatable bonds is 2. The molecule has 0 aliphatic carbocycles. The van der Waals surface area contributed by atoms with Crippen LogP contribution in [0.1, 0.15) is 0 Å². The third kappa shape index (κ3) is 2.25. The number of hydrogen-bond acceptors (Lipinski definition) is 2. The van der Waals surface area contributed by atoms with Gasteiger partial charge in [0.05, 0.1) is 12.4 Å². The highest BCUT2D eigenvalue weighted by molar-refractivity contribution is 14.1. The second-order valence-electron chi connectivity index (χ2n) is 2.91. The van der Waals surface area contributed by atoms with Crippen LogP contribution in [0.5, 0.6) is 11.5 Å². The first-order chi connectivity index (χ1) is 6.74. The van der Waals surface area contributed by atoms with E-state index in [9.17, 15) is 0 Å². The van der Waals surface area contributed by atoms with E-state index in [-0.39, 0.29) is 0 Å². The molecule has 3 nitrogen and oxygen atoms in total. The Labute approximate surface area is 95.8 Å². The molecule has 0 saturated heterocycles. The monoisotopic (exact) mass is 300 g/mol. The molecule has 0 radical (unpaired) electrons. The summed E-state index contributed by atoms with van der Waals surface area (Å²) in [6.45, 7) is 0. The van der Waals surface area contributed by atoms with Crippen molar-refractivity contribution < 1.29 is 4.74 Å². The van der Waals surface area contributed by atoms with E-state index in [1.807, 2.05) is 37.5 Å². The Balaban J connectivity index is 2.15. The van der Waals surface area contributed by atoms with Crippen LogP contribution < -0.4 is 4.74 Å². The molecule has 1 aromatic heterocycles. The van der Waals surface area contributed by atoms with Crippen molar-refractivity contribution in [3.63, 3.8) is 0 Å². The van der Waals surface area contributed by atoms with Gasteiger partial charge in [-0.25, -0.2) is 0 Å². The highest BCUT2D eigenvalue weighted by Crippen LogP contribution is 2.20. The summed E-state index contributed by atoms with van der Waals surface area (Å²) in [4.78, 5) is 0. The van der Waals surface area contributed by atoms with E-state index in [1.54, 1.807) is 10.9 Å². The van der Waals surface area contributed by atoms with Gasteiger partial charge in [0.1, 0.15) is 5.75 Å². The zero-order valence-corrected chi connectivity index (χ0v) is 9.80. The van der Waals surface area contributed by atoms with Gasteiger partial charge in [-0.2, -0.15) is 5.10 Å². The maximum absolute atomic E-state index is 5.57. The Kier molecular flexibility index (Phi) is 2.72. The van der Waals surface area contributed by atoms with Crippen LogP contribution in [-0.2, 0) is 7.05 Å². The molecular weight excluding hydrogens is 291 g/mol. The number of halogens is 1. The molecule has 0 saturated carbocycles. The molecular formula is C10H9IN2O. The van der Waals surface area contributed by atoms with Crippen LogP contribution in [0.2, 0.25) is 0 Å². The average Bonchev–Trinajstić information content (AvgIpc) is 2.56. The highest BCUT2D eigenvalue weighted by atomic mass is 127. The Morgan fingerprint density at radius 1 is 1.21 bits per heavy atom. The van der Waals surface area contributed by atoms with Crippen molar-refractivity contribution in [2.24, 2.45) is 7.05 Å². The number of benzene rings is 1. The number of nitrogens with zero attached hydrogens (tertiary/aromatic N) is 2. The fraction of sp³-hybridized carbons (Fsp3) is 0.100. The largest absolute Gasteiger partial charge is 0.454 e. The molecule has 0 atom stereocenters. The first-order valence-electron chi connectivity index (χ1n) is 4.16. The summed E-state index contributed by atoms with van der Waals surface area (Å²) in [5.41, 5.74) is 0. The van der Waals surface area contributed by atoms with Crippen LogP contribution in [-0.4, -0.2) is 9.78 Å². The summed E-state index contributed by atoms with van der Waals surface area (Å²) >= 11 is 2.26.